The lowest BCUT2D eigenvalue weighted by Crippen LogP contribution is -2.53. The molecule has 1 aromatic rings. The average Bonchev–Trinajstić information content (AvgIpc) is 3.14. The van der Waals surface area contributed by atoms with Crippen molar-refractivity contribution in [1.29, 1.82) is 0 Å². The van der Waals surface area contributed by atoms with Gasteiger partial charge in [-0.05, 0) is 43.5 Å². The Balaban J connectivity index is 1.49. The summed E-state index contributed by atoms with van der Waals surface area (Å²) in [5, 5.41) is 0. The molecule has 0 aliphatic carbocycles. The Kier molecular flexibility index (Phi) is 7.99. The van der Waals surface area contributed by atoms with E-state index in [0.717, 1.165) is 44.5 Å². The molecule has 0 radical (unpaired) electrons. The van der Waals surface area contributed by atoms with Gasteiger partial charge in [0.15, 0.2) is 0 Å². The molecule has 1 spiro atoms. The lowest BCUT2D eigenvalue weighted by molar-refractivity contribution is -0.132. The van der Waals surface area contributed by atoms with Crippen LogP contribution in [-0.2, 0) is 4.79 Å². The van der Waals surface area contributed by atoms with Crippen LogP contribution in [0.25, 0.3) is 0 Å². The summed E-state index contributed by atoms with van der Waals surface area (Å²) in [5.41, 5.74) is 0.537. The molecule has 2 amide bonds. The fourth-order valence-electron chi connectivity index (χ4n) is 4.38. The van der Waals surface area contributed by atoms with Gasteiger partial charge in [-0.25, -0.2) is 4.39 Å². The number of amides is 2. The van der Waals surface area contributed by atoms with Gasteiger partial charge in [-0.15, -0.1) is 11.8 Å². The molecule has 0 saturated carbocycles. The number of unbranched alkanes of at least 4 members (excludes halogenated alkanes) is 5. The topological polar surface area (TPSA) is 40.6 Å². The van der Waals surface area contributed by atoms with Gasteiger partial charge in [-0.2, -0.15) is 0 Å². The maximum Gasteiger partial charge on any atom is 0.254 e. The molecular weight excluding hydrogens is 387 g/mol. The van der Waals surface area contributed by atoms with Crippen LogP contribution in [0.15, 0.2) is 24.3 Å². The van der Waals surface area contributed by atoms with Crippen LogP contribution in [0.4, 0.5) is 4.39 Å². The zero-order valence-electron chi connectivity index (χ0n) is 17.5. The molecule has 3 rings (SSSR count). The molecule has 160 valence electrons. The molecular formula is C23H33FN2O2S. The Morgan fingerprint density at radius 1 is 1.00 bits per heavy atom. The fraction of sp³-hybridized carbons (Fsp3) is 0.652. The van der Waals surface area contributed by atoms with Crippen LogP contribution in [0.3, 0.4) is 0 Å². The number of halogens is 1. The Bertz CT molecular complexity index is 687. The average molecular weight is 421 g/mol. The summed E-state index contributed by atoms with van der Waals surface area (Å²) in [4.78, 5) is 29.3. The van der Waals surface area contributed by atoms with Crippen molar-refractivity contribution in [3.05, 3.63) is 35.6 Å². The summed E-state index contributed by atoms with van der Waals surface area (Å²) in [5.74, 6) is 0.819. The van der Waals surface area contributed by atoms with Gasteiger partial charge in [0, 0.05) is 37.4 Å². The summed E-state index contributed by atoms with van der Waals surface area (Å²) in [6, 6.07) is 5.81. The van der Waals surface area contributed by atoms with Crippen molar-refractivity contribution in [2.75, 3.05) is 25.4 Å². The molecule has 1 aromatic carbocycles. The molecule has 0 bridgehead atoms. The largest absolute Gasteiger partial charge is 0.342 e. The zero-order valence-corrected chi connectivity index (χ0v) is 18.3. The van der Waals surface area contributed by atoms with Crippen LogP contribution >= 0.6 is 11.8 Å². The smallest absolute Gasteiger partial charge is 0.254 e. The van der Waals surface area contributed by atoms with E-state index in [2.05, 4.69) is 6.92 Å². The second kappa shape index (κ2) is 10.5. The standard InChI is InChI=1S/C23H33FN2O2S/c1-2-3-4-5-6-7-8-21(27)25-15-13-23(14-16-25)26(17-18-29-23)22(28)19-9-11-20(24)12-10-19/h9-12H,2-8,13-18H2,1H3. The van der Waals surface area contributed by atoms with Crippen LogP contribution in [0, 0.1) is 5.82 Å². The molecule has 29 heavy (non-hydrogen) atoms. The highest BCUT2D eigenvalue weighted by atomic mass is 32.2. The van der Waals surface area contributed by atoms with Gasteiger partial charge in [-0.3, -0.25) is 9.59 Å². The van der Waals surface area contributed by atoms with Gasteiger partial charge >= 0.3 is 0 Å². The molecule has 6 heteroatoms. The van der Waals surface area contributed by atoms with Crippen molar-refractivity contribution in [3.63, 3.8) is 0 Å². The van der Waals surface area contributed by atoms with E-state index in [1.807, 2.05) is 21.6 Å². The molecule has 0 N–H and O–H groups in total. The summed E-state index contributed by atoms with van der Waals surface area (Å²) in [7, 11) is 0. The van der Waals surface area contributed by atoms with Gasteiger partial charge < -0.3 is 9.80 Å². The van der Waals surface area contributed by atoms with Gasteiger partial charge in [-0.1, -0.05) is 39.0 Å². The summed E-state index contributed by atoms with van der Waals surface area (Å²) >= 11 is 1.84. The van der Waals surface area contributed by atoms with Gasteiger partial charge in [0.05, 0.1) is 4.87 Å². The third-order valence-corrected chi connectivity index (χ3v) is 7.71. The second-order valence-electron chi connectivity index (χ2n) is 8.16. The van der Waals surface area contributed by atoms with Crippen LogP contribution in [0.1, 0.15) is 75.1 Å². The molecule has 4 nitrogen and oxygen atoms in total. The van der Waals surface area contributed by atoms with E-state index in [1.165, 1.54) is 37.8 Å². The minimum absolute atomic E-state index is 0.0261. The van der Waals surface area contributed by atoms with E-state index in [-0.39, 0.29) is 22.5 Å². The van der Waals surface area contributed by atoms with Crippen LogP contribution in [-0.4, -0.2) is 51.9 Å². The third kappa shape index (κ3) is 5.53. The van der Waals surface area contributed by atoms with E-state index >= 15 is 0 Å². The molecule has 0 atom stereocenters. The van der Waals surface area contributed by atoms with Crippen molar-refractivity contribution >= 4 is 23.6 Å². The molecule has 2 aliphatic rings. The van der Waals surface area contributed by atoms with E-state index in [1.54, 1.807) is 12.1 Å². The summed E-state index contributed by atoms with van der Waals surface area (Å²) in [6.07, 6.45) is 9.41. The summed E-state index contributed by atoms with van der Waals surface area (Å²) in [6.45, 7) is 4.36. The predicted molar refractivity (Wildman–Crippen MR) is 116 cm³/mol. The minimum Gasteiger partial charge on any atom is -0.342 e. The third-order valence-electron chi connectivity index (χ3n) is 6.16. The first-order chi connectivity index (χ1) is 14.1. The number of carbonyl (C=O) groups excluding carboxylic acids is 2. The Morgan fingerprint density at radius 3 is 2.34 bits per heavy atom. The van der Waals surface area contributed by atoms with Crippen molar-refractivity contribution in [1.82, 2.24) is 9.80 Å². The predicted octanol–water partition coefficient (Wildman–Crippen LogP) is 5.08. The number of rotatable bonds is 8. The highest BCUT2D eigenvalue weighted by molar-refractivity contribution is 8.00. The second-order valence-corrected chi connectivity index (χ2v) is 9.61. The van der Waals surface area contributed by atoms with Crippen molar-refractivity contribution in [2.45, 2.75) is 69.6 Å². The van der Waals surface area contributed by atoms with E-state index in [0.29, 0.717) is 18.5 Å². The molecule has 0 unspecified atom stereocenters. The SMILES string of the molecule is CCCCCCCCC(=O)N1CCC2(CC1)SCCN2C(=O)c1ccc(F)cc1. The quantitative estimate of drug-likeness (QED) is 0.551. The molecule has 0 aromatic heterocycles. The Morgan fingerprint density at radius 2 is 1.66 bits per heavy atom. The monoisotopic (exact) mass is 420 g/mol. The lowest BCUT2D eigenvalue weighted by Gasteiger charge is -2.44. The van der Waals surface area contributed by atoms with Crippen molar-refractivity contribution in [2.24, 2.45) is 0 Å². The van der Waals surface area contributed by atoms with E-state index < -0.39 is 0 Å². The van der Waals surface area contributed by atoms with E-state index in [9.17, 15) is 14.0 Å². The first kappa shape index (κ1) is 22.1. The zero-order chi connectivity index (χ0) is 20.7. The van der Waals surface area contributed by atoms with Crippen LogP contribution in [0.5, 0.6) is 0 Å². The van der Waals surface area contributed by atoms with E-state index in [4.69, 9.17) is 0 Å². The maximum absolute atomic E-state index is 13.2. The van der Waals surface area contributed by atoms with Gasteiger partial charge in [0.1, 0.15) is 5.82 Å². The molecule has 2 heterocycles. The fourth-order valence-corrected chi connectivity index (χ4v) is 5.83. The van der Waals surface area contributed by atoms with Crippen molar-refractivity contribution in [3.8, 4) is 0 Å². The number of nitrogens with zero attached hydrogens (tertiary/aromatic N) is 2. The summed E-state index contributed by atoms with van der Waals surface area (Å²) < 4.78 is 13.2. The maximum atomic E-state index is 13.2. The number of piperidine rings is 1. The molecule has 2 saturated heterocycles. The normalized spacial score (nSPS) is 18.4. The van der Waals surface area contributed by atoms with Crippen molar-refractivity contribution < 1.29 is 14.0 Å². The first-order valence-electron chi connectivity index (χ1n) is 11.0. The van der Waals surface area contributed by atoms with Gasteiger partial charge in [0.2, 0.25) is 5.91 Å². The van der Waals surface area contributed by atoms with Crippen LogP contribution in [0.2, 0.25) is 0 Å². The lowest BCUT2D eigenvalue weighted by atomic mass is 10.00. The number of likely N-dealkylation sites (tertiary alicyclic amines) is 1. The molecule has 2 aliphatic heterocycles. The number of thioether (sulfide) groups is 1. The molecule has 2 fully saturated rings. The van der Waals surface area contributed by atoms with Crippen LogP contribution < -0.4 is 0 Å². The number of hydrogen-bond donors (Lipinski definition) is 0. The highest BCUT2D eigenvalue weighted by Gasteiger charge is 2.46. The van der Waals surface area contributed by atoms with Gasteiger partial charge in [0.25, 0.3) is 5.91 Å². The first-order valence-corrected chi connectivity index (χ1v) is 12.0. The Hall–Kier alpha value is -1.56. The highest BCUT2D eigenvalue weighted by Crippen LogP contribution is 2.44. The minimum atomic E-state index is -0.329. The number of benzene rings is 1. The number of carbonyl (C=O) groups is 2. The Labute approximate surface area is 178 Å². The number of hydrogen-bond acceptors (Lipinski definition) is 3.